The number of nitrogens with zero attached hydrogens (tertiary/aromatic N) is 5. The largest absolute Gasteiger partial charge is 0.367 e. The number of nitrogens with one attached hydrogen (secondary N) is 5. The van der Waals surface area contributed by atoms with Gasteiger partial charge >= 0.3 is 0 Å². The summed E-state index contributed by atoms with van der Waals surface area (Å²) >= 11 is 5.45. The van der Waals surface area contributed by atoms with Crippen LogP contribution < -0.4 is 21.3 Å². The molecular formula is C42H74N10O7S. The average molecular weight is 863 g/mol. The van der Waals surface area contributed by atoms with E-state index in [0.717, 1.165) is 0 Å². The molecule has 60 heavy (non-hydrogen) atoms. The lowest BCUT2D eigenvalue weighted by molar-refractivity contribution is -0.128. The molecule has 1 rings (SSSR count). The predicted octanol–water partition coefficient (Wildman–Crippen LogP) is 1.45. The smallest absolute Gasteiger partial charge is 0.256 e. The lowest BCUT2D eigenvalue weighted by Gasteiger charge is -2.24. The van der Waals surface area contributed by atoms with Gasteiger partial charge in [0, 0.05) is 51.4 Å². The summed E-state index contributed by atoms with van der Waals surface area (Å²) in [4.78, 5) is 101. The molecule has 340 valence electrons. The molecule has 0 aliphatic rings. The number of likely N-dealkylation sites (N-methyl/N-ethyl adjacent to an activating group) is 4. The third-order valence-electron chi connectivity index (χ3n) is 9.31. The number of unbranched alkanes of at least 4 members (excludes halogenated alkanes) is 4. The second-order valence-corrected chi connectivity index (χ2v) is 16.9. The number of amides is 5. The Morgan fingerprint density at radius 2 is 0.967 bits per heavy atom. The molecule has 2 atom stereocenters. The number of carbonyl (C=O) groups excluding carboxylic acids is 7. The molecule has 0 bridgehead atoms. The minimum Gasteiger partial charge on any atom is -0.367 e. The van der Waals surface area contributed by atoms with Gasteiger partial charge in [0.2, 0.25) is 23.6 Å². The molecule has 0 fully saturated rings. The second-order valence-electron chi connectivity index (χ2n) is 16.4. The highest BCUT2D eigenvalue weighted by atomic mass is 32.1. The number of Topliss-reactive ketones (excluding diaryl/α,β-unsaturated/α-hetero) is 2. The molecule has 1 aromatic rings. The van der Waals surface area contributed by atoms with Crippen LogP contribution in [-0.4, -0.2) is 191 Å². The zero-order chi connectivity index (χ0) is 45.0. The molecule has 5 amide bonds. The molecule has 0 saturated carbocycles. The first-order valence-corrected chi connectivity index (χ1v) is 21.5. The number of ketones is 2. The van der Waals surface area contributed by atoms with E-state index >= 15 is 0 Å². The standard InChI is InChI=1S/C42H74N10O7S/c1-48(2)28-38(55)44-22-13-9-17-33(46-40(57)30-50(5)6)35(53)19-11-15-25-52(42(59)32-27-43-24-21-37(32)60)26-16-12-20-36(54)34(47-41(58)31-51(7)8)18-10-14-23-45-39(56)29-49(3)4/h21,24,27,33-34H,9-20,22-23,25-26,28-31H2,1-8H3,(H,43,60)(H,44,55)(H,45,56)(H,46,57)(H,47,58)/t33-,34-/m0/s1. The molecule has 0 aliphatic heterocycles. The molecule has 0 aliphatic carbocycles. The summed E-state index contributed by atoms with van der Waals surface area (Å²) in [6.45, 7) is 2.59. The monoisotopic (exact) mass is 863 g/mol. The third-order valence-corrected chi connectivity index (χ3v) is 9.67. The number of carbonyl (C=O) groups is 7. The van der Waals surface area contributed by atoms with Crippen molar-refractivity contribution in [3.05, 3.63) is 28.5 Å². The Kier molecular flexibility index (Phi) is 27.7. The van der Waals surface area contributed by atoms with Gasteiger partial charge in [-0.25, -0.2) is 0 Å². The molecular weight excluding hydrogens is 789 g/mol. The molecule has 0 unspecified atom stereocenters. The molecule has 0 radical (unpaired) electrons. The summed E-state index contributed by atoms with van der Waals surface area (Å²) in [6, 6.07) is 0.347. The molecule has 0 aromatic carbocycles. The van der Waals surface area contributed by atoms with E-state index in [2.05, 4.69) is 26.3 Å². The lowest BCUT2D eigenvalue weighted by atomic mass is 10.00. The highest BCUT2D eigenvalue weighted by Gasteiger charge is 2.23. The molecule has 1 heterocycles. The van der Waals surface area contributed by atoms with Crippen molar-refractivity contribution in [1.82, 2.24) is 50.8 Å². The van der Waals surface area contributed by atoms with Gasteiger partial charge in [-0.15, -0.1) is 0 Å². The van der Waals surface area contributed by atoms with Gasteiger partial charge < -0.3 is 50.8 Å². The Morgan fingerprint density at radius 3 is 1.35 bits per heavy atom. The maximum atomic E-state index is 13.7. The van der Waals surface area contributed by atoms with E-state index < -0.39 is 12.1 Å². The van der Waals surface area contributed by atoms with Crippen LogP contribution in [0.5, 0.6) is 0 Å². The summed E-state index contributed by atoms with van der Waals surface area (Å²) < 4.78 is 0.413. The fourth-order valence-electron chi connectivity index (χ4n) is 6.39. The van der Waals surface area contributed by atoms with Gasteiger partial charge in [0.15, 0.2) is 11.6 Å². The summed E-state index contributed by atoms with van der Waals surface area (Å²) in [5.41, 5.74) is 0.364. The van der Waals surface area contributed by atoms with E-state index in [0.29, 0.717) is 114 Å². The van der Waals surface area contributed by atoms with Crippen LogP contribution in [0.25, 0.3) is 0 Å². The summed E-state index contributed by atoms with van der Waals surface area (Å²) in [7, 11) is 14.4. The van der Waals surface area contributed by atoms with E-state index in [4.69, 9.17) is 12.2 Å². The average Bonchev–Trinajstić information content (AvgIpc) is 3.14. The van der Waals surface area contributed by atoms with E-state index in [1.54, 1.807) is 71.2 Å². The first-order valence-electron chi connectivity index (χ1n) is 21.1. The van der Waals surface area contributed by atoms with Gasteiger partial charge in [-0.3, -0.25) is 33.6 Å². The van der Waals surface area contributed by atoms with Crippen molar-refractivity contribution in [3.8, 4) is 0 Å². The summed E-state index contributed by atoms with van der Waals surface area (Å²) in [5.74, 6) is -1.03. The number of pyridine rings is 1. The summed E-state index contributed by atoms with van der Waals surface area (Å²) in [5, 5.41) is 11.5. The number of hydrogen-bond donors (Lipinski definition) is 5. The normalized spacial score (nSPS) is 12.3. The zero-order valence-corrected chi connectivity index (χ0v) is 38.3. The number of H-pyrrole nitrogens is 1. The predicted molar refractivity (Wildman–Crippen MR) is 237 cm³/mol. The Morgan fingerprint density at radius 1 is 0.567 bits per heavy atom. The fraction of sp³-hybridized carbons (Fsp3) is 0.714. The molecule has 18 heteroatoms. The van der Waals surface area contributed by atoms with Crippen molar-refractivity contribution >= 4 is 53.3 Å². The molecule has 1 aromatic heterocycles. The van der Waals surface area contributed by atoms with Crippen molar-refractivity contribution in [2.75, 3.05) is 109 Å². The Labute approximate surface area is 363 Å². The van der Waals surface area contributed by atoms with Gasteiger partial charge in [-0.05, 0) is 127 Å². The molecule has 5 N–H and O–H groups in total. The third kappa shape index (κ3) is 25.5. The van der Waals surface area contributed by atoms with E-state index in [9.17, 15) is 33.6 Å². The number of aromatic nitrogens is 1. The minimum atomic E-state index is -0.654. The van der Waals surface area contributed by atoms with Gasteiger partial charge in [0.25, 0.3) is 5.91 Å². The van der Waals surface area contributed by atoms with Crippen molar-refractivity contribution in [3.63, 3.8) is 0 Å². The van der Waals surface area contributed by atoms with Crippen LogP contribution in [0, 0.1) is 4.51 Å². The first kappa shape index (κ1) is 53.9. The first-order chi connectivity index (χ1) is 28.4. The minimum absolute atomic E-state index is 0.0701. The van der Waals surface area contributed by atoms with Crippen LogP contribution in [0.1, 0.15) is 87.4 Å². The van der Waals surface area contributed by atoms with Gasteiger partial charge in [-0.2, -0.15) is 0 Å². The Bertz CT molecular complexity index is 1470. The maximum absolute atomic E-state index is 13.7. The highest BCUT2D eigenvalue weighted by Crippen LogP contribution is 2.14. The van der Waals surface area contributed by atoms with Crippen LogP contribution >= 0.6 is 12.2 Å². The zero-order valence-electron chi connectivity index (χ0n) is 37.5. The molecule has 0 saturated heterocycles. The van der Waals surface area contributed by atoms with Crippen molar-refractivity contribution in [2.45, 2.75) is 89.1 Å². The Balaban J connectivity index is 2.86. The van der Waals surface area contributed by atoms with Crippen LogP contribution in [0.2, 0.25) is 0 Å². The van der Waals surface area contributed by atoms with Crippen LogP contribution in [0.3, 0.4) is 0 Å². The molecule has 17 nitrogen and oxygen atoms in total. The number of aromatic amines is 1. The fourth-order valence-corrected chi connectivity index (χ4v) is 6.61. The number of hydrogen-bond acceptors (Lipinski definition) is 12. The van der Waals surface area contributed by atoms with Crippen LogP contribution in [-0.2, 0) is 28.8 Å². The van der Waals surface area contributed by atoms with E-state index in [-0.39, 0.29) is 67.0 Å². The number of rotatable bonds is 33. The van der Waals surface area contributed by atoms with Crippen LogP contribution in [0.15, 0.2) is 18.5 Å². The van der Waals surface area contributed by atoms with Gasteiger partial charge in [0.05, 0.1) is 48.3 Å². The second kappa shape index (κ2) is 30.9. The van der Waals surface area contributed by atoms with Crippen molar-refractivity contribution in [1.29, 1.82) is 0 Å². The molecule has 0 spiro atoms. The van der Waals surface area contributed by atoms with Crippen molar-refractivity contribution < 1.29 is 33.6 Å². The van der Waals surface area contributed by atoms with E-state index in [1.807, 2.05) is 28.2 Å². The Hall–Kier alpha value is -4.10. The summed E-state index contributed by atoms with van der Waals surface area (Å²) in [6.07, 6.45) is 9.26. The van der Waals surface area contributed by atoms with Crippen molar-refractivity contribution in [2.24, 2.45) is 0 Å². The van der Waals surface area contributed by atoms with Gasteiger partial charge in [0.1, 0.15) is 0 Å². The maximum Gasteiger partial charge on any atom is 0.256 e. The highest BCUT2D eigenvalue weighted by molar-refractivity contribution is 7.71. The lowest BCUT2D eigenvalue weighted by Crippen LogP contribution is -2.44. The SMILES string of the molecule is CN(C)CC(=O)NCCCC[C@H](NC(=O)CN(C)C)C(=O)CCCCN(CCCCC(=O)[C@H](CCCCNC(=O)CN(C)C)NC(=O)CN(C)C)C(=O)c1c[nH]ccc1=S. The van der Waals surface area contributed by atoms with E-state index in [1.165, 1.54) is 0 Å². The van der Waals surface area contributed by atoms with Gasteiger partial charge in [-0.1, -0.05) is 12.2 Å². The van der Waals surface area contributed by atoms with Crippen LogP contribution in [0.4, 0.5) is 0 Å². The topological polar surface area (TPSA) is 200 Å². The quantitative estimate of drug-likeness (QED) is 0.0505.